The quantitative estimate of drug-likeness (QED) is 0.494. The van der Waals surface area contributed by atoms with E-state index in [1.54, 1.807) is 0 Å². The molecule has 0 saturated carbocycles. The van der Waals surface area contributed by atoms with Crippen LogP contribution in [0.4, 0.5) is 4.79 Å². The fourth-order valence-electron chi connectivity index (χ4n) is 3.60. The van der Waals surface area contributed by atoms with Gasteiger partial charge in [0.25, 0.3) is 0 Å². The summed E-state index contributed by atoms with van der Waals surface area (Å²) in [5.74, 6) is -2.54. The molecule has 1 aliphatic carbocycles. The van der Waals surface area contributed by atoms with Gasteiger partial charge in [0.05, 0.1) is 0 Å². The number of hydrogen-bond donors (Lipinski definition) is 4. The number of benzene rings is 2. The molecule has 2 atom stereocenters. The highest BCUT2D eigenvalue weighted by molar-refractivity contribution is 5.91. The SMILES string of the molecule is C[C@H](NC(=O)OCC1c2ccccc2-c2ccccc21)C(=O)N[C@@H](C)C(=O)NCC(=O)O. The van der Waals surface area contributed by atoms with Gasteiger partial charge in [0.2, 0.25) is 11.8 Å². The van der Waals surface area contributed by atoms with Gasteiger partial charge in [-0.3, -0.25) is 14.4 Å². The van der Waals surface area contributed by atoms with Crippen molar-refractivity contribution in [3.8, 4) is 11.1 Å². The largest absolute Gasteiger partial charge is 0.480 e. The standard InChI is InChI=1S/C23H25N3O6/c1-13(21(29)24-11-20(27)28)25-22(30)14(2)26-23(31)32-12-19-17-9-5-3-7-15(17)16-8-4-6-10-18(16)19/h3-10,13-14,19H,11-12H2,1-2H3,(H,24,29)(H,25,30)(H,26,31)(H,27,28)/t13-,14-/m0/s1. The van der Waals surface area contributed by atoms with Gasteiger partial charge in [-0.15, -0.1) is 0 Å². The minimum Gasteiger partial charge on any atom is -0.480 e. The highest BCUT2D eigenvalue weighted by Crippen LogP contribution is 2.44. The Hall–Kier alpha value is -3.88. The molecule has 0 aromatic heterocycles. The molecule has 0 aliphatic heterocycles. The lowest BCUT2D eigenvalue weighted by atomic mass is 9.98. The molecule has 0 bridgehead atoms. The average molecular weight is 439 g/mol. The van der Waals surface area contributed by atoms with E-state index in [1.807, 2.05) is 48.5 Å². The van der Waals surface area contributed by atoms with Gasteiger partial charge in [0.1, 0.15) is 25.2 Å². The third-order valence-corrected chi connectivity index (χ3v) is 5.24. The number of amides is 3. The van der Waals surface area contributed by atoms with Crippen LogP contribution in [-0.4, -0.2) is 54.2 Å². The molecule has 3 amide bonds. The number of rotatable bonds is 8. The minimum absolute atomic E-state index is 0.102. The molecule has 168 valence electrons. The Morgan fingerprint density at radius 1 is 0.875 bits per heavy atom. The van der Waals surface area contributed by atoms with Gasteiger partial charge in [-0.25, -0.2) is 4.79 Å². The summed E-state index contributed by atoms with van der Waals surface area (Å²) in [5.41, 5.74) is 4.38. The first-order valence-corrected chi connectivity index (χ1v) is 10.2. The monoisotopic (exact) mass is 439 g/mol. The van der Waals surface area contributed by atoms with Crippen molar-refractivity contribution in [1.29, 1.82) is 0 Å². The van der Waals surface area contributed by atoms with Crippen LogP contribution in [0.15, 0.2) is 48.5 Å². The number of carboxylic acid groups (broad SMARTS) is 1. The lowest BCUT2D eigenvalue weighted by Crippen LogP contribution is -2.52. The lowest BCUT2D eigenvalue weighted by Gasteiger charge is -2.19. The van der Waals surface area contributed by atoms with Crippen LogP contribution in [-0.2, 0) is 19.1 Å². The van der Waals surface area contributed by atoms with E-state index in [4.69, 9.17) is 9.84 Å². The van der Waals surface area contributed by atoms with Crippen LogP contribution in [0.25, 0.3) is 11.1 Å². The van der Waals surface area contributed by atoms with E-state index in [0.717, 1.165) is 22.3 Å². The van der Waals surface area contributed by atoms with E-state index < -0.39 is 42.5 Å². The molecule has 0 fully saturated rings. The third kappa shape index (κ3) is 5.23. The second kappa shape index (κ2) is 9.95. The maximum Gasteiger partial charge on any atom is 0.407 e. The van der Waals surface area contributed by atoms with Crippen molar-refractivity contribution in [3.05, 3.63) is 59.7 Å². The van der Waals surface area contributed by atoms with Crippen LogP contribution in [0.2, 0.25) is 0 Å². The van der Waals surface area contributed by atoms with E-state index in [0.29, 0.717) is 0 Å². The van der Waals surface area contributed by atoms with Gasteiger partial charge >= 0.3 is 12.1 Å². The van der Waals surface area contributed by atoms with Crippen LogP contribution in [0.3, 0.4) is 0 Å². The lowest BCUT2D eigenvalue weighted by molar-refractivity contribution is -0.138. The summed E-state index contributed by atoms with van der Waals surface area (Å²) in [6.07, 6.45) is -0.752. The van der Waals surface area contributed by atoms with Crippen molar-refractivity contribution in [2.75, 3.05) is 13.2 Å². The fourth-order valence-corrected chi connectivity index (χ4v) is 3.60. The van der Waals surface area contributed by atoms with E-state index in [9.17, 15) is 19.2 Å². The van der Waals surface area contributed by atoms with Gasteiger partial charge in [0, 0.05) is 5.92 Å². The molecule has 0 saturated heterocycles. The second-order valence-electron chi connectivity index (χ2n) is 7.53. The van der Waals surface area contributed by atoms with Crippen molar-refractivity contribution in [3.63, 3.8) is 0 Å². The van der Waals surface area contributed by atoms with Crippen molar-refractivity contribution in [2.45, 2.75) is 31.8 Å². The first-order valence-electron chi connectivity index (χ1n) is 10.2. The Morgan fingerprint density at radius 3 is 1.97 bits per heavy atom. The minimum atomic E-state index is -1.19. The summed E-state index contributed by atoms with van der Waals surface area (Å²) in [6, 6.07) is 14.0. The van der Waals surface area contributed by atoms with Crippen LogP contribution >= 0.6 is 0 Å². The van der Waals surface area contributed by atoms with Gasteiger partial charge in [-0.1, -0.05) is 48.5 Å². The Bertz CT molecular complexity index is 992. The molecule has 2 aromatic rings. The van der Waals surface area contributed by atoms with Crippen LogP contribution < -0.4 is 16.0 Å². The summed E-state index contributed by atoms with van der Waals surface area (Å²) < 4.78 is 5.40. The Balaban J connectivity index is 1.52. The van der Waals surface area contributed by atoms with Crippen molar-refractivity contribution in [1.82, 2.24) is 16.0 Å². The summed E-state index contributed by atoms with van der Waals surface area (Å²) in [6.45, 7) is 2.43. The Labute approximate surface area is 185 Å². The van der Waals surface area contributed by atoms with Crippen LogP contribution in [0.5, 0.6) is 0 Å². The van der Waals surface area contributed by atoms with Crippen LogP contribution in [0, 0.1) is 0 Å². The zero-order valence-corrected chi connectivity index (χ0v) is 17.8. The van der Waals surface area contributed by atoms with E-state index in [1.165, 1.54) is 13.8 Å². The van der Waals surface area contributed by atoms with Crippen molar-refractivity contribution >= 4 is 23.9 Å². The first-order chi connectivity index (χ1) is 15.3. The molecule has 0 spiro atoms. The fraction of sp³-hybridized carbons (Fsp3) is 0.304. The number of fused-ring (bicyclic) bond motifs is 3. The van der Waals surface area contributed by atoms with E-state index in [-0.39, 0.29) is 12.5 Å². The number of carbonyl (C=O) groups excluding carboxylic acids is 3. The highest BCUT2D eigenvalue weighted by Gasteiger charge is 2.29. The molecular weight excluding hydrogens is 414 g/mol. The maximum absolute atomic E-state index is 12.3. The highest BCUT2D eigenvalue weighted by atomic mass is 16.5. The van der Waals surface area contributed by atoms with Gasteiger partial charge in [0.15, 0.2) is 0 Å². The van der Waals surface area contributed by atoms with E-state index in [2.05, 4.69) is 16.0 Å². The predicted molar refractivity (Wildman–Crippen MR) is 116 cm³/mol. The molecular formula is C23H25N3O6. The van der Waals surface area contributed by atoms with Crippen LogP contribution in [0.1, 0.15) is 30.9 Å². The Kier molecular flexibility index (Phi) is 7.09. The zero-order chi connectivity index (χ0) is 23.3. The molecule has 2 aromatic carbocycles. The summed E-state index contributed by atoms with van der Waals surface area (Å²) in [5, 5.41) is 15.6. The second-order valence-corrected chi connectivity index (χ2v) is 7.53. The maximum atomic E-state index is 12.3. The summed E-state index contributed by atoms with van der Waals surface area (Å²) in [4.78, 5) is 46.8. The number of nitrogens with one attached hydrogen (secondary N) is 3. The number of carbonyl (C=O) groups is 4. The van der Waals surface area contributed by atoms with Gasteiger partial charge in [-0.2, -0.15) is 0 Å². The van der Waals surface area contributed by atoms with Gasteiger partial charge in [-0.05, 0) is 36.1 Å². The average Bonchev–Trinajstić information content (AvgIpc) is 3.09. The molecule has 3 rings (SSSR count). The topological polar surface area (TPSA) is 134 Å². The van der Waals surface area contributed by atoms with Gasteiger partial charge < -0.3 is 25.8 Å². The molecule has 0 heterocycles. The molecule has 9 heteroatoms. The number of alkyl carbamates (subject to hydrolysis) is 1. The Morgan fingerprint density at radius 2 is 1.41 bits per heavy atom. The van der Waals surface area contributed by atoms with Crippen molar-refractivity contribution < 1.29 is 29.0 Å². The molecule has 1 aliphatic rings. The first kappa shape index (κ1) is 22.8. The predicted octanol–water partition coefficient (Wildman–Crippen LogP) is 1.62. The summed E-state index contributed by atoms with van der Waals surface area (Å²) >= 11 is 0. The number of hydrogen-bond acceptors (Lipinski definition) is 5. The van der Waals surface area contributed by atoms with Crippen molar-refractivity contribution in [2.24, 2.45) is 0 Å². The number of carboxylic acids is 1. The molecule has 9 nitrogen and oxygen atoms in total. The smallest absolute Gasteiger partial charge is 0.407 e. The third-order valence-electron chi connectivity index (χ3n) is 5.24. The zero-order valence-electron chi connectivity index (χ0n) is 17.8. The molecule has 0 radical (unpaired) electrons. The van der Waals surface area contributed by atoms with E-state index >= 15 is 0 Å². The molecule has 0 unspecified atom stereocenters. The normalized spacial score (nSPS) is 13.8. The molecule has 4 N–H and O–H groups in total. The number of ether oxygens (including phenoxy) is 1. The molecule has 32 heavy (non-hydrogen) atoms. The number of aliphatic carboxylic acids is 1. The summed E-state index contributed by atoms with van der Waals surface area (Å²) in [7, 11) is 0.